The van der Waals surface area contributed by atoms with Crippen LogP contribution in [0.5, 0.6) is 0 Å². The molecule has 0 saturated heterocycles. The number of hydrogen-bond acceptors (Lipinski definition) is 4. The van der Waals surface area contributed by atoms with Gasteiger partial charge in [0.15, 0.2) is 5.13 Å². The molecule has 4 heteroatoms. The predicted molar refractivity (Wildman–Crippen MR) is 79.2 cm³/mol. The maximum atomic E-state index is 4.43. The Balaban J connectivity index is 1.82. The van der Waals surface area contributed by atoms with E-state index in [-0.39, 0.29) is 0 Å². The summed E-state index contributed by atoms with van der Waals surface area (Å²) >= 11 is 1.80. The van der Waals surface area contributed by atoms with Gasteiger partial charge in [-0.25, -0.2) is 4.98 Å². The summed E-state index contributed by atoms with van der Waals surface area (Å²) in [4.78, 5) is 8.32. The standard InChI is InChI=1S/C14H25N3S/c1-3-9-15-14-16-10-13(18-14)11-17(2)12-7-5-4-6-8-12/h10,12H,3-9,11H2,1-2H3,(H,15,16). The molecule has 3 nitrogen and oxygen atoms in total. The number of aromatic nitrogens is 1. The van der Waals surface area contributed by atoms with E-state index < -0.39 is 0 Å². The highest BCUT2D eigenvalue weighted by Crippen LogP contribution is 2.25. The van der Waals surface area contributed by atoms with Crippen molar-refractivity contribution in [2.75, 3.05) is 18.9 Å². The average molecular weight is 267 g/mol. The van der Waals surface area contributed by atoms with Crippen LogP contribution in [0.3, 0.4) is 0 Å². The van der Waals surface area contributed by atoms with Crippen molar-refractivity contribution < 1.29 is 0 Å². The summed E-state index contributed by atoms with van der Waals surface area (Å²) in [7, 11) is 2.26. The Morgan fingerprint density at radius 2 is 2.17 bits per heavy atom. The van der Waals surface area contributed by atoms with Crippen molar-refractivity contribution in [1.82, 2.24) is 9.88 Å². The quantitative estimate of drug-likeness (QED) is 0.851. The van der Waals surface area contributed by atoms with Gasteiger partial charge in [0.25, 0.3) is 0 Å². The number of nitrogens with one attached hydrogen (secondary N) is 1. The molecule has 0 amide bonds. The third-order valence-electron chi connectivity index (χ3n) is 3.68. The second-order valence-corrected chi connectivity index (χ2v) is 6.38. The maximum Gasteiger partial charge on any atom is 0.182 e. The van der Waals surface area contributed by atoms with Crippen LogP contribution in [0.2, 0.25) is 0 Å². The van der Waals surface area contributed by atoms with Crippen LogP contribution in [0.15, 0.2) is 6.20 Å². The average Bonchev–Trinajstić information content (AvgIpc) is 2.85. The summed E-state index contributed by atoms with van der Waals surface area (Å²) < 4.78 is 0. The van der Waals surface area contributed by atoms with E-state index >= 15 is 0 Å². The Bertz CT molecular complexity index is 345. The molecule has 0 bridgehead atoms. The fourth-order valence-electron chi connectivity index (χ4n) is 2.59. The van der Waals surface area contributed by atoms with Crippen molar-refractivity contribution in [3.63, 3.8) is 0 Å². The van der Waals surface area contributed by atoms with Gasteiger partial charge in [-0.15, -0.1) is 11.3 Å². The van der Waals surface area contributed by atoms with E-state index in [1.165, 1.54) is 37.0 Å². The molecule has 0 aliphatic heterocycles. The van der Waals surface area contributed by atoms with Crippen LogP contribution in [0.1, 0.15) is 50.3 Å². The summed E-state index contributed by atoms with van der Waals surface area (Å²) in [5.74, 6) is 0. The lowest BCUT2D eigenvalue weighted by atomic mass is 9.94. The van der Waals surface area contributed by atoms with E-state index in [4.69, 9.17) is 0 Å². The summed E-state index contributed by atoms with van der Waals surface area (Å²) in [6, 6.07) is 0.785. The molecule has 0 spiro atoms. The number of rotatable bonds is 6. The first-order valence-corrected chi connectivity index (χ1v) is 8.00. The van der Waals surface area contributed by atoms with Gasteiger partial charge in [-0.3, -0.25) is 4.90 Å². The minimum absolute atomic E-state index is 0.785. The molecule has 1 fully saturated rings. The van der Waals surface area contributed by atoms with Crippen LogP contribution in [0.25, 0.3) is 0 Å². The van der Waals surface area contributed by atoms with Gasteiger partial charge in [0.2, 0.25) is 0 Å². The first-order chi connectivity index (χ1) is 8.79. The van der Waals surface area contributed by atoms with Gasteiger partial charge in [-0.05, 0) is 26.3 Å². The molecule has 0 aromatic carbocycles. The van der Waals surface area contributed by atoms with Gasteiger partial charge < -0.3 is 5.32 Å². The number of hydrogen-bond donors (Lipinski definition) is 1. The molecule has 1 aliphatic carbocycles. The zero-order valence-corrected chi connectivity index (χ0v) is 12.4. The molecule has 0 radical (unpaired) electrons. The van der Waals surface area contributed by atoms with Gasteiger partial charge in [0, 0.05) is 30.2 Å². The lowest BCUT2D eigenvalue weighted by Crippen LogP contribution is -2.32. The zero-order valence-electron chi connectivity index (χ0n) is 11.6. The second kappa shape index (κ2) is 7.10. The molecule has 0 atom stereocenters. The largest absolute Gasteiger partial charge is 0.362 e. The maximum absolute atomic E-state index is 4.43. The minimum Gasteiger partial charge on any atom is -0.362 e. The van der Waals surface area contributed by atoms with E-state index in [1.54, 1.807) is 11.3 Å². The smallest absolute Gasteiger partial charge is 0.182 e. The molecule has 1 saturated carbocycles. The van der Waals surface area contributed by atoms with Gasteiger partial charge in [-0.2, -0.15) is 0 Å². The summed E-state index contributed by atoms with van der Waals surface area (Å²) in [6.45, 7) is 4.25. The molecular formula is C14H25N3S. The summed E-state index contributed by atoms with van der Waals surface area (Å²) in [6.07, 6.45) is 10.2. The van der Waals surface area contributed by atoms with E-state index in [0.29, 0.717) is 0 Å². The molecular weight excluding hydrogens is 242 g/mol. The molecule has 1 aromatic rings. The van der Waals surface area contributed by atoms with Crippen molar-refractivity contribution in [3.8, 4) is 0 Å². The highest BCUT2D eigenvalue weighted by atomic mass is 32.1. The Morgan fingerprint density at radius 1 is 1.39 bits per heavy atom. The van der Waals surface area contributed by atoms with Crippen LogP contribution < -0.4 is 5.32 Å². The van der Waals surface area contributed by atoms with E-state index in [9.17, 15) is 0 Å². The Morgan fingerprint density at radius 3 is 2.89 bits per heavy atom. The highest BCUT2D eigenvalue weighted by Gasteiger charge is 2.18. The van der Waals surface area contributed by atoms with Crippen LogP contribution in [-0.2, 0) is 6.54 Å². The normalized spacial score (nSPS) is 17.3. The molecule has 1 aromatic heterocycles. The molecule has 2 rings (SSSR count). The molecule has 102 valence electrons. The zero-order chi connectivity index (χ0) is 12.8. The topological polar surface area (TPSA) is 28.2 Å². The number of anilines is 1. The fraction of sp³-hybridized carbons (Fsp3) is 0.786. The number of thiazole rings is 1. The third-order valence-corrected chi connectivity index (χ3v) is 4.62. The predicted octanol–water partition coefficient (Wildman–Crippen LogP) is 3.73. The van der Waals surface area contributed by atoms with Crippen molar-refractivity contribution in [2.45, 2.75) is 58.0 Å². The van der Waals surface area contributed by atoms with Crippen molar-refractivity contribution in [1.29, 1.82) is 0 Å². The van der Waals surface area contributed by atoms with Crippen LogP contribution in [0, 0.1) is 0 Å². The number of nitrogens with zero attached hydrogens (tertiary/aromatic N) is 2. The first kappa shape index (κ1) is 13.8. The van der Waals surface area contributed by atoms with E-state index in [2.05, 4.69) is 29.2 Å². The van der Waals surface area contributed by atoms with Crippen LogP contribution >= 0.6 is 11.3 Å². The minimum atomic E-state index is 0.785. The fourth-order valence-corrected chi connectivity index (χ4v) is 3.49. The van der Waals surface area contributed by atoms with Gasteiger partial charge >= 0.3 is 0 Å². The molecule has 1 N–H and O–H groups in total. The monoisotopic (exact) mass is 267 g/mol. The Labute approximate surface area is 115 Å². The Kier molecular flexibility index (Phi) is 5.45. The second-order valence-electron chi connectivity index (χ2n) is 5.27. The van der Waals surface area contributed by atoms with Crippen LogP contribution in [-0.4, -0.2) is 29.5 Å². The molecule has 1 heterocycles. The van der Waals surface area contributed by atoms with Crippen LogP contribution in [0.4, 0.5) is 5.13 Å². The van der Waals surface area contributed by atoms with Crippen molar-refractivity contribution in [2.24, 2.45) is 0 Å². The first-order valence-electron chi connectivity index (χ1n) is 7.18. The molecule has 1 aliphatic rings. The van der Waals surface area contributed by atoms with Crippen molar-refractivity contribution in [3.05, 3.63) is 11.1 Å². The molecule has 0 unspecified atom stereocenters. The van der Waals surface area contributed by atoms with Crippen molar-refractivity contribution >= 4 is 16.5 Å². The summed E-state index contributed by atoms with van der Waals surface area (Å²) in [5.41, 5.74) is 0. The van der Waals surface area contributed by atoms with E-state index in [1.807, 2.05) is 6.20 Å². The van der Waals surface area contributed by atoms with Gasteiger partial charge in [-0.1, -0.05) is 26.2 Å². The van der Waals surface area contributed by atoms with Gasteiger partial charge in [0.1, 0.15) is 0 Å². The van der Waals surface area contributed by atoms with E-state index in [0.717, 1.165) is 30.7 Å². The SMILES string of the molecule is CCCNc1ncc(CN(C)C2CCCCC2)s1. The lowest BCUT2D eigenvalue weighted by Gasteiger charge is -2.30. The van der Waals surface area contributed by atoms with Gasteiger partial charge in [0.05, 0.1) is 0 Å². The Hall–Kier alpha value is -0.610. The lowest BCUT2D eigenvalue weighted by molar-refractivity contribution is 0.186. The summed E-state index contributed by atoms with van der Waals surface area (Å²) in [5, 5.41) is 4.43. The molecule has 18 heavy (non-hydrogen) atoms. The third kappa shape index (κ3) is 3.95. The highest BCUT2D eigenvalue weighted by molar-refractivity contribution is 7.15.